The monoisotopic (exact) mass is 293 g/mol. The molecule has 0 amide bonds. The van der Waals surface area contributed by atoms with E-state index in [2.05, 4.69) is 15.9 Å². The first-order valence-electron chi connectivity index (χ1n) is 4.87. The molecule has 0 fully saturated rings. The zero-order chi connectivity index (χ0) is 12.3. The van der Waals surface area contributed by atoms with Gasteiger partial charge in [-0.1, -0.05) is 0 Å². The first-order valence-corrected chi connectivity index (χ1v) is 5.66. The van der Waals surface area contributed by atoms with Crippen LogP contribution in [0.25, 0.3) is 0 Å². The Morgan fingerprint density at radius 3 is 2.56 bits per heavy atom. The Bertz CT molecular complexity index is 371. The van der Waals surface area contributed by atoms with Crippen LogP contribution in [0, 0.1) is 11.6 Å². The molecule has 1 rings (SSSR count). The molecule has 1 unspecified atom stereocenters. The maximum atomic E-state index is 13.5. The average molecular weight is 294 g/mol. The fourth-order valence-electron chi connectivity index (χ4n) is 1.48. The van der Waals surface area contributed by atoms with Crippen LogP contribution in [0.3, 0.4) is 0 Å². The van der Waals surface area contributed by atoms with Crippen LogP contribution in [0.1, 0.15) is 5.56 Å². The van der Waals surface area contributed by atoms with Crippen LogP contribution < -0.4 is 0 Å². The van der Waals surface area contributed by atoms with Gasteiger partial charge >= 0.3 is 0 Å². The quantitative estimate of drug-likeness (QED) is 0.861. The number of aliphatic hydroxyl groups excluding tert-OH is 1. The van der Waals surface area contributed by atoms with Crippen LogP contribution in [-0.4, -0.2) is 36.8 Å². The van der Waals surface area contributed by atoms with E-state index in [9.17, 15) is 13.9 Å². The predicted molar refractivity (Wildman–Crippen MR) is 62.3 cm³/mol. The first-order chi connectivity index (χ1) is 7.41. The minimum absolute atomic E-state index is 0.0325. The zero-order valence-corrected chi connectivity index (χ0v) is 10.8. The molecule has 0 saturated heterocycles. The number of hydrogen-bond donors (Lipinski definition) is 1. The fourth-order valence-corrected chi connectivity index (χ4v) is 1.85. The molecule has 1 aromatic rings. The number of rotatable bonds is 4. The highest BCUT2D eigenvalue weighted by Crippen LogP contribution is 2.22. The Morgan fingerprint density at radius 2 is 2.00 bits per heavy atom. The van der Waals surface area contributed by atoms with E-state index in [4.69, 9.17) is 0 Å². The minimum Gasteiger partial charge on any atom is -0.391 e. The molecule has 1 N–H and O–H groups in total. The Kier molecular flexibility index (Phi) is 4.83. The van der Waals surface area contributed by atoms with Crippen LogP contribution in [0.4, 0.5) is 8.78 Å². The molecule has 0 saturated carbocycles. The molecule has 2 nitrogen and oxygen atoms in total. The number of nitrogens with zero attached hydrogens (tertiary/aromatic N) is 1. The highest BCUT2D eigenvalue weighted by molar-refractivity contribution is 9.10. The molecule has 0 bridgehead atoms. The van der Waals surface area contributed by atoms with Gasteiger partial charge in [0.15, 0.2) is 0 Å². The van der Waals surface area contributed by atoms with E-state index in [0.29, 0.717) is 6.54 Å². The second kappa shape index (κ2) is 5.70. The normalized spacial score (nSPS) is 13.2. The predicted octanol–water partition coefficient (Wildman–Crippen LogP) is 2.19. The van der Waals surface area contributed by atoms with Crippen molar-refractivity contribution in [2.45, 2.75) is 12.5 Å². The van der Waals surface area contributed by atoms with Crippen molar-refractivity contribution < 1.29 is 13.9 Å². The Hall–Kier alpha value is -0.520. The van der Waals surface area contributed by atoms with E-state index in [0.717, 1.165) is 0 Å². The summed E-state index contributed by atoms with van der Waals surface area (Å²) in [5.74, 6) is -1.27. The van der Waals surface area contributed by atoms with Crippen LogP contribution in [-0.2, 0) is 6.42 Å². The maximum Gasteiger partial charge on any atom is 0.143 e. The molecule has 0 aromatic heterocycles. The van der Waals surface area contributed by atoms with E-state index in [-0.39, 0.29) is 16.5 Å². The van der Waals surface area contributed by atoms with Crippen LogP contribution in [0.5, 0.6) is 0 Å². The summed E-state index contributed by atoms with van der Waals surface area (Å²) in [4.78, 5) is 1.76. The third-order valence-electron chi connectivity index (χ3n) is 2.15. The maximum absolute atomic E-state index is 13.5. The molecule has 0 aliphatic carbocycles. The van der Waals surface area contributed by atoms with Gasteiger partial charge in [0, 0.05) is 18.5 Å². The summed E-state index contributed by atoms with van der Waals surface area (Å²) in [5, 5.41) is 9.62. The summed E-state index contributed by atoms with van der Waals surface area (Å²) in [6.07, 6.45) is -0.816. The Balaban J connectivity index is 2.84. The van der Waals surface area contributed by atoms with Crippen molar-refractivity contribution >= 4 is 15.9 Å². The number of hydrogen-bond acceptors (Lipinski definition) is 2. The van der Waals surface area contributed by atoms with E-state index in [1.165, 1.54) is 12.1 Å². The Morgan fingerprint density at radius 1 is 1.38 bits per heavy atom. The molecular formula is C11H14BrF2NO. The minimum atomic E-state index is -0.784. The number of aliphatic hydroxyl groups is 1. The lowest BCUT2D eigenvalue weighted by atomic mass is 10.1. The summed E-state index contributed by atoms with van der Waals surface area (Å²) >= 11 is 2.99. The second-order valence-electron chi connectivity index (χ2n) is 3.94. The lowest BCUT2D eigenvalue weighted by molar-refractivity contribution is 0.135. The molecule has 5 heteroatoms. The lowest BCUT2D eigenvalue weighted by Gasteiger charge is -2.16. The molecule has 0 spiro atoms. The third kappa shape index (κ3) is 3.50. The first kappa shape index (κ1) is 13.5. The van der Waals surface area contributed by atoms with Crippen molar-refractivity contribution in [3.8, 4) is 0 Å². The summed E-state index contributed by atoms with van der Waals surface area (Å²) in [6, 6.07) is 2.50. The van der Waals surface area contributed by atoms with Crippen molar-refractivity contribution in [1.82, 2.24) is 4.90 Å². The van der Waals surface area contributed by atoms with Crippen molar-refractivity contribution in [1.29, 1.82) is 0 Å². The van der Waals surface area contributed by atoms with E-state index in [1.807, 2.05) is 0 Å². The summed E-state index contributed by atoms with van der Waals surface area (Å²) in [5.41, 5.74) is -0.0799. The van der Waals surface area contributed by atoms with Gasteiger partial charge in [0.25, 0.3) is 0 Å². The molecule has 0 aliphatic heterocycles. The summed E-state index contributed by atoms with van der Waals surface area (Å²) < 4.78 is 27.1. The van der Waals surface area contributed by atoms with Gasteiger partial charge in [-0.3, -0.25) is 0 Å². The smallest absolute Gasteiger partial charge is 0.143 e. The molecule has 90 valence electrons. The van der Waals surface area contributed by atoms with Crippen molar-refractivity contribution in [3.05, 3.63) is 33.8 Å². The molecule has 0 radical (unpaired) electrons. The van der Waals surface area contributed by atoms with Gasteiger partial charge in [-0.15, -0.1) is 0 Å². The third-order valence-corrected chi connectivity index (χ3v) is 2.77. The van der Waals surface area contributed by atoms with E-state index < -0.39 is 17.7 Å². The molecule has 0 heterocycles. The molecule has 0 aliphatic rings. The second-order valence-corrected chi connectivity index (χ2v) is 4.80. The lowest BCUT2D eigenvalue weighted by Crippen LogP contribution is -2.28. The SMILES string of the molecule is CN(C)CC(O)Cc1c(F)ccc(Br)c1F. The molecular weight excluding hydrogens is 280 g/mol. The van der Waals surface area contributed by atoms with Crippen LogP contribution in [0.15, 0.2) is 16.6 Å². The number of likely N-dealkylation sites (N-methyl/N-ethyl adjacent to an activating group) is 1. The molecule has 1 aromatic carbocycles. The van der Waals surface area contributed by atoms with Gasteiger partial charge < -0.3 is 10.0 Å². The van der Waals surface area contributed by atoms with Crippen LogP contribution in [0.2, 0.25) is 0 Å². The van der Waals surface area contributed by atoms with E-state index >= 15 is 0 Å². The highest BCUT2D eigenvalue weighted by Gasteiger charge is 2.16. The highest BCUT2D eigenvalue weighted by atomic mass is 79.9. The van der Waals surface area contributed by atoms with Gasteiger partial charge in [-0.2, -0.15) is 0 Å². The van der Waals surface area contributed by atoms with Gasteiger partial charge in [0.1, 0.15) is 11.6 Å². The van der Waals surface area contributed by atoms with Gasteiger partial charge in [-0.25, -0.2) is 8.78 Å². The topological polar surface area (TPSA) is 23.5 Å². The summed E-state index contributed by atoms with van der Waals surface area (Å²) in [6.45, 7) is 0.366. The standard InChI is InChI=1S/C11H14BrF2NO/c1-15(2)6-7(16)5-8-10(13)4-3-9(12)11(8)14/h3-4,7,16H,5-6H2,1-2H3. The fraction of sp³-hybridized carbons (Fsp3) is 0.455. The average Bonchev–Trinajstić information content (AvgIpc) is 2.17. The Labute approximate surface area is 102 Å². The van der Waals surface area contributed by atoms with E-state index in [1.54, 1.807) is 19.0 Å². The number of halogens is 3. The van der Waals surface area contributed by atoms with Crippen molar-refractivity contribution in [2.75, 3.05) is 20.6 Å². The van der Waals surface area contributed by atoms with Crippen LogP contribution >= 0.6 is 15.9 Å². The molecule has 1 atom stereocenters. The van der Waals surface area contributed by atoms with Crippen molar-refractivity contribution in [3.63, 3.8) is 0 Å². The van der Waals surface area contributed by atoms with Crippen molar-refractivity contribution in [2.24, 2.45) is 0 Å². The number of benzene rings is 1. The van der Waals surface area contributed by atoms with Gasteiger partial charge in [0.05, 0.1) is 10.6 Å². The zero-order valence-electron chi connectivity index (χ0n) is 9.17. The largest absolute Gasteiger partial charge is 0.391 e. The van der Waals surface area contributed by atoms with Gasteiger partial charge in [0.2, 0.25) is 0 Å². The molecule has 16 heavy (non-hydrogen) atoms. The summed E-state index contributed by atoms with van der Waals surface area (Å²) in [7, 11) is 3.58. The van der Waals surface area contributed by atoms with Gasteiger partial charge in [-0.05, 0) is 42.2 Å².